The zero-order chi connectivity index (χ0) is 21.6. The Morgan fingerprint density at radius 3 is 2.81 bits per heavy atom. The van der Waals surface area contributed by atoms with Crippen LogP contribution in [-0.4, -0.2) is 38.0 Å². The molecule has 164 valence electrons. The first-order valence-corrected chi connectivity index (χ1v) is 11.4. The highest BCUT2D eigenvalue weighted by molar-refractivity contribution is 5.87. The van der Waals surface area contributed by atoms with E-state index in [4.69, 9.17) is 4.74 Å². The highest BCUT2D eigenvalue weighted by Crippen LogP contribution is 2.41. The molecule has 2 heterocycles. The third-order valence-corrected chi connectivity index (χ3v) is 6.69. The van der Waals surface area contributed by atoms with Gasteiger partial charge in [0.2, 0.25) is 0 Å². The van der Waals surface area contributed by atoms with Crippen LogP contribution in [0.2, 0.25) is 0 Å². The van der Waals surface area contributed by atoms with Crippen LogP contribution in [0.15, 0.2) is 42.9 Å². The zero-order valence-corrected chi connectivity index (χ0v) is 18.6. The van der Waals surface area contributed by atoms with Gasteiger partial charge in [0.1, 0.15) is 17.8 Å². The first-order valence-electron chi connectivity index (χ1n) is 11.4. The Morgan fingerprint density at radius 1 is 1.16 bits per heavy atom. The minimum atomic E-state index is -0.220. The van der Waals surface area contributed by atoms with Gasteiger partial charge in [0.15, 0.2) is 0 Å². The second-order valence-electron chi connectivity index (χ2n) is 9.95. The fourth-order valence-electron chi connectivity index (χ4n) is 5.33. The molecule has 0 radical (unpaired) electrons. The largest absolute Gasteiger partial charge is 0.396 e. The first-order chi connectivity index (χ1) is 14.9. The minimum absolute atomic E-state index is 0.0573. The van der Waals surface area contributed by atoms with Crippen molar-refractivity contribution in [2.24, 2.45) is 5.92 Å². The molecule has 4 atom stereocenters. The maximum Gasteiger partial charge on any atom is 0.145 e. The van der Waals surface area contributed by atoms with Crippen molar-refractivity contribution >= 4 is 16.9 Å². The molecule has 1 unspecified atom stereocenters. The molecule has 0 spiro atoms. The lowest BCUT2D eigenvalue weighted by Gasteiger charge is -2.28. The molecular formula is C25H32N4O2. The van der Waals surface area contributed by atoms with Crippen LogP contribution in [0.1, 0.15) is 63.2 Å². The topological polar surface area (TPSA) is 72.2 Å². The molecule has 6 nitrogen and oxygen atoms in total. The number of benzene rings is 1. The number of aliphatic hydroxyl groups is 1. The number of aromatic nitrogens is 3. The summed E-state index contributed by atoms with van der Waals surface area (Å²) in [6.45, 7) is 6.38. The van der Waals surface area contributed by atoms with Gasteiger partial charge in [-0.05, 0) is 63.6 Å². The predicted octanol–water partition coefficient (Wildman–Crippen LogP) is 4.66. The Labute approximate surface area is 183 Å². The van der Waals surface area contributed by atoms with Crippen molar-refractivity contribution in [3.05, 3.63) is 54.0 Å². The summed E-state index contributed by atoms with van der Waals surface area (Å²) < 4.78 is 8.52. The predicted molar refractivity (Wildman–Crippen MR) is 122 cm³/mol. The average molecular weight is 421 g/mol. The second-order valence-corrected chi connectivity index (χ2v) is 9.95. The molecule has 0 amide bonds. The van der Waals surface area contributed by atoms with E-state index in [0.717, 1.165) is 42.5 Å². The summed E-state index contributed by atoms with van der Waals surface area (Å²) in [5.74, 6) is 1.04. The third-order valence-electron chi connectivity index (χ3n) is 6.69. The highest BCUT2D eigenvalue weighted by Gasteiger charge is 2.38. The molecule has 2 aromatic heterocycles. The lowest BCUT2D eigenvalue weighted by atomic mass is 10.1. The van der Waals surface area contributed by atoms with Crippen LogP contribution in [0.3, 0.4) is 0 Å². The summed E-state index contributed by atoms with van der Waals surface area (Å²) in [4.78, 5) is 9.20. The standard InChI is InChI=1S/C25H32N4O2/c1-25(2,3)31-22-13-18(12-17(22)14-30)29-11-10-20-23(26-15-27-24(20)29)28-21-9-8-16-6-4-5-7-19(16)21/h4-7,10-11,15,17-18,21-22,30H,8-9,12-14H2,1-3H3,(H,26,27,28)/t17-,18+,21?,22-/m0/s1. The molecule has 0 bridgehead atoms. The van der Waals surface area contributed by atoms with Gasteiger partial charge < -0.3 is 19.7 Å². The maximum atomic E-state index is 9.92. The van der Waals surface area contributed by atoms with Gasteiger partial charge in [0.25, 0.3) is 0 Å². The molecular weight excluding hydrogens is 388 g/mol. The first kappa shape index (κ1) is 20.5. The van der Waals surface area contributed by atoms with Gasteiger partial charge in [-0.25, -0.2) is 9.97 Å². The lowest BCUT2D eigenvalue weighted by molar-refractivity contribution is -0.0826. The van der Waals surface area contributed by atoms with E-state index >= 15 is 0 Å². The van der Waals surface area contributed by atoms with Gasteiger partial charge in [0, 0.05) is 24.8 Å². The van der Waals surface area contributed by atoms with E-state index in [1.807, 2.05) is 0 Å². The fourth-order valence-corrected chi connectivity index (χ4v) is 5.33. The van der Waals surface area contributed by atoms with Crippen LogP contribution in [0, 0.1) is 5.92 Å². The Kier molecular flexibility index (Phi) is 5.22. The molecule has 0 saturated heterocycles. The van der Waals surface area contributed by atoms with Crippen molar-refractivity contribution in [1.29, 1.82) is 0 Å². The van der Waals surface area contributed by atoms with E-state index in [9.17, 15) is 5.11 Å². The quantitative estimate of drug-likeness (QED) is 0.628. The molecule has 2 aliphatic rings. The Hall–Kier alpha value is -2.44. The van der Waals surface area contributed by atoms with Crippen LogP contribution in [0.4, 0.5) is 5.82 Å². The van der Waals surface area contributed by atoms with Gasteiger partial charge in [-0.2, -0.15) is 0 Å². The fraction of sp³-hybridized carbons (Fsp3) is 0.520. The van der Waals surface area contributed by atoms with Crippen LogP contribution in [-0.2, 0) is 11.2 Å². The van der Waals surface area contributed by atoms with Crippen LogP contribution in [0.25, 0.3) is 11.0 Å². The van der Waals surface area contributed by atoms with Crippen LogP contribution in [0.5, 0.6) is 0 Å². The summed E-state index contributed by atoms with van der Waals surface area (Å²) in [5, 5.41) is 14.6. The van der Waals surface area contributed by atoms with Gasteiger partial charge in [0.05, 0.1) is 23.1 Å². The van der Waals surface area contributed by atoms with E-state index in [1.165, 1.54) is 11.1 Å². The molecule has 2 aliphatic carbocycles. The normalized spacial score (nSPS) is 25.8. The number of ether oxygens (including phenoxy) is 1. The zero-order valence-electron chi connectivity index (χ0n) is 18.6. The number of aliphatic hydroxyl groups excluding tert-OH is 1. The van der Waals surface area contributed by atoms with Crippen molar-refractivity contribution < 1.29 is 9.84 Å². The van der Waals surface area contributed by atoms with Crippen molar-refractivity contribution in [2.75, 3.05) is 11.9 Å². The molecule has 2 N–H and O–H groups in total. The Bertz CT molecular complexity index is 1070. The molecule has 1 aromatic carbocycles. The monoisotopic (exact) mass is 420 g/mol. The number of nitrogens with zero attached hydrogens (tertiary/aromatic N) is 3. The summed E-state index contributed by atoms with van der Waals surface area (Å²) in [7, 11) is 0. The third kappa shape index (κ3) is 3.94. The van der Waals surface area contributed by atoms with Crippen molar-refractivity contribution in [1.82, 2.24) is 14.5 Å². The molecule has 31 heavy (non-hydrogen) atoms. The molecule has 0 aliphatic heterocycles. The molecule has 1 fully saturated rings. The lowest BCUT2D eigenvalue weighted by Crippen LogP contribution is -2.31. The number of aryl methyl sites for hydroxylation is 1. The molecule has 3 aromatic rings. The highest BCUT2D eigenvalue weighted by atomic mass is 16.5. The summed E-state index contributed by atoms with van der Waals surface area (Å²) in [5.41, 5.74) is 3.52. The van der Waals surface area contributed by atoms with Gasteiger partial charge in [-0.1, -0.05) is 24.3 Å². The molecule has 1 saturated carbocycles. The SMILES string of the molecule is CC(C)(C)O[C@H]1C[C@H](n2ccc3c(NC4CCc5ccccc54)ncnc32)C[C@H]1CO. The van der Waals surface area contributed by atoms with Crippen molar-refractivity contribution in [3.63, 3.8) is 0 Å². The number of hydrogen-bond acceptors (Lipinski definition) is 5. The summed E-state index contributed by atoms with van der Waals surface area (Å²) >= 11 is 0. The number of fused-ring (bicyclic) bond motifs is 2. The van der Waals surface area contributed by atoms with E-state index in [2.05, 4.69) is 77.2 Å². The average Bonchev–Trinajstić information content (AvgIpc) is 3.44. The van der Waals surface area contributed by atoms with Crippen molar-refractivity contribution in [2.45, 2.75) is 70.2 Å². The summed E-state index contributed by atoms with van der Waals surface area (Å²) in [6, 6.07) is 11.3. The van der Waals surface area contributed by atoms with E-state index in [-0.39, 0.29) is 36.3 Å². The number of rotatable bonds is 5. The van der Waals surface area contributed by atoms with Crippen molar-refractivity contribution in [3.8, 4) is 0 Å². The van der Waals surface area contributed by atoms with Gasteiger partial charge in [-0.3, -0.25) is 0 Å². The Morgan fingerprint density at radius 2 is 2.00 bits per heavy atom. The number of hydrogen-bond donors (Lipinski definition) is 2. The van der Waals surface area contributed by atoms with E-state index < -0.39 is 0 Å². The summed E-state index contributed by atoms with van der Waals surface area (Å²) in [6.07, 6.45) is 7.79. The van der Waals surface area contributed by atoms with Gasteiger partial charge >= 0.3 is 0 Å². The molecule has 5 rings (SSSR count). The number of anilines is 1. The number of nitrogens with one attached hydrogen (secondary N) is 1. The molecule has 6 heteroatoms. The van der Waals surface area contributed by atoms with E-state index in [1.54, 1.807) is 6.33 Å². The Balaban J connectivity index is 1.40. The van der Waals surface area contributed by atoms with Crippen LogP contribution >= 0.6 is 0 Å². The van der Waals surface area contributed by atoms with E-state index in [0.29, 0.717) is 0 Å². The maximum absolute atomic E-state index is 9.92. The smallest absolute Gasteiger partial charge is 0.145 e. The van der Waals surface area contributed by atoms with Crippen LogP contribution < -0.4 is 5.32 Å². The van der Waals surface area contributed by atoms with Gasteiger partial charge in [-0.15, -0.1) is 0 Å². The minimum Gasteiger partial charge on any atom is -0.396 e. The second kappa shape index (κ2) is 7.92.